The van der Waals surface area contributed by atoms with Crippen LogP contribution < -0.4 is 11.1 Å². The van der Waals surface area contributed by atoms with Crippen molar-refractivity contribution in [3.8, 4) is 0 Å². The van der Waals surface area contributed by atoms with Gasteiger partial charge in [-0.05, 0) is 26.3 Å². The number of nitrogens with two attached hydrogens (primary N) is 1. The lowest BCUT2D eigenvalue weighted by Crippen LogP contribution is -2.24. The van der Waals surface area contributed by atoms with Crippen LogP contribution in [0.5, 0.6) is 0 Å². The Morgan fingerprint density at radius 2 is 2.04 bits per heavy atom. The second kappa shape index (κ2) is 7.24. The summed E-state index contributed by atoms with van der Waals surface area (Å²) in [6.45, 7) is 4.92. The Labute approximate surface area is 152 Å². The highest BCUT2D eigenvalue weighted by atomic mass is 35.5. The molecule has 1 atom stereocenters. The Morgan fingerprint density at radius 1 is 1.40 bits per heavy atom. The highest BCUT2D eigenvalue weighted by molar-refractivity contribution is 7.18. The molecule has 0 aliphatic rings. The van der Waals surface area contributed by atoms with Crippen molar-refractivity contribution in [3.63, 3.8) is 0 Å². The van der Waals surface area contributed by atoms with Gasteiger partial charge in [0, 0.05) is 6.20 Å². The second-order valence-corrected chi connectivity index (χ2v) is 6.75. The van der Waals surface area contributed by atoms with Crippen LogP contribution in [0.1, 0.15) is 44.3 Å². The highest BCUT2D eigenvalue weighted by Gasteiger charge is 2.27. The highest BCUT2D eigenvalue weighted by Crippen LogP contribution is 2.34. The van der Waals surface area contributed by atoms with Crippen LogP contribution in [0.25, 0.3) is 0 Å². The molecule has 2 rings (SSSR count). The Morgan fingerprint density at radius 3 is 2.52 bits per heavy atom. The van der Waals surface area contributed by atoms with Gasteiger partial charge in [0.25, 0.3) is 5.91 Å². The summed E-state index contributed by atoms with van der Waals surface area (Å²) >= 11 is 6.88. The zero-order valence-electron chi connectivity index (χ0n) is 14.0. The van der Waals surface area contributed by atoms with Crippen molar-refractivity contribution in [3.05, 3.63) is 32.9 Å². The van der Waals surface area contributed by atoms with Crippen molar-refractivity contribution >= 4 is 45.7 Å². The van der Waals surface area contributed by atoms with Gasteiger partial charge in [0.05, 0.1) is 28.3 Å². The van der Waals surface area contributed by atoms with Gasteiger partial charge in [-0.1, -0.05) is 11.6 Å². The number of amides is 2. The van der Waals surface area contributed by atoms with Crippen LogP contribution in [0, 0.1) is 13.8 Å². The van der Waals surface area contributed by atoms with Crippen molar-refractivity contribution in [2.24, 2.45) is 5.73 Å². The smallest absolute Gasteiger partial charge is 0.341 e. The quantitative estimate of drug-likeness (QED) is 0.767. The molecule has 0 radical (unpaired) electrons. The summed E-state index contributed by atoms with van der Waals surface area (Å²) < 4.78 is 6.14. The lowest BCUT2D eigenvalue weighted by molar-refractivity contribution is -0.119. The summed E-state index contributed by atoms with van der Waals surface area (Å²) in [5, 5.41) is 7.44. The summed E-state index contributed by atoms with van der Waals surface area (Å²) in [5.41, 5.74) is 6.39. The first-order valence-electron chi connectivity index (χ1n) is 7.21. The number of carbonyl (C=O) groups excluding carboxylic acids is 3. The maximum atomic E-state index is 12.5. The number of anilines is 1. The Kier molecular flexibility index (Phi) is 5.48. The average Bonchev–Trinajstić information content (AvgIpc) is 3.06. The number of nitrogens with zero attached hydrogens (tertiary/aromatic N) is 2. The molecule has 2 heterocycles. The fourth-order valence-corrected chi connectivity index (χ4v) is 3.37. The maximum Gasteiger partial charge on any atom is 0.341 e. The third-order valence-corrected chi connectivity index (χ3v) is 5.22. The maximum absolute atomic E-state index is 12.5. The first-order valence-corrected chi connectivity index (χ1v) is 8.40. The van der Waals surface area contributed by atoms with E-state index in [-0.39, 0.29) is 15.4 Å². The normalized spacial score (nSPS) is 11.9. The Bertz CT molecular complexity index is 839. The van der Waals surface area contributed by atoms with Crippen molar-refractivity contribution in [2.75, 3.05) is 12.4 Å². The third-order valence-electron chi connectivity index (χ3n) is 3.63. The van der Waals surface area contributed by atoms with E-state index in [2.05, 4.69) is 10.4 Å². The van der Waals surface area contributed by atoms with E-state index < -0.39 is 23.8 Å². The van der Waals surface area contributed by atoms with Crippen molar-refractivity contribution in [1.29, 1.82) is 0 Å². The van der Waals surface area contributed by atoms with E-state index in [1.807, 2.05) is 0 Å². The zero-order valence-corrected chi connectivity index (χ0v) is 15.6. The number of carbonyl (C=O) groups is 3. The van der Waals surface area contributed by atoms with Gasteiger partial charge in [0.1, 0.15) is 11.0 Å². The van der Waals surface area contributed by atoms with Gasteiger partial charge in [0.2, 0.25) is 5.91 Å². The third kappa shape index (κ3) is 3.67. The van der Waals surface area contributed by atoms with E-state index in [4.69, 9.17) is 22.1 Å². The first kappa shape index (κ1) is 18.9. The number of aryl methyl sites for hydroxylation is 1. The van der Waals surface area contributed by atoms with Crippen LogP contribution in [-0.4, -0.2) is 34.7 Å². The van der Waals surface area contributed by atoms with Crippen molar-refractivity contribution < 1.29 is 19.1 Å². The molecule has 1 unspecified atom stereocenters. The SMILES string of the molecule is COC(=O)c1c(NC(=O)C(C)n2cc(Cl)c(C)n2)sc(C(N)=O)c1C. The molecule has 0 aliphatic heterocycles. The van der Waals surface area contributed by atoms with Gasteiger partial charge in [-0.2, -0.15) is 5.10 Å². The Balaban J connectivity index is 2.35. The molecule has 0 fully saturated rings. The predicted octanol–water partition coefficient (Wildman–Crippen LogP) is 2.30. The molecule has 0 aliphatic carbocycles. The number of aromatic nitrogens is 2. The molecule has 25 heavy (non-hydrogen) atoms. The number of hydrogen-bond donors (Lipinski definition) is 2. The summed E-state index contributed by atoms with van der Waals surface area (Å²) in [6, 6.07) is -0.684. The number of esters is 1. The standard InChI is InChI=1S/C15H17ClN4O4S/c1-6-10(15(23)24-4)14(25-11(6)12(17)21)18-13(22)8(3)20-5-9(16)7(2)19-20/h5,8H,1-4H3,(H2,17,21)(H,18,22). The number of ether oxygens (including phenoxy) is 1. The monoisotopic (exact) mass is 384 g/mol. The first-order chi connectivity index (χ1) is 11.7. The van der Waals surface area contributed by atoms with Crippen molar-refractivity contribution in [2.45, 2.75) is 26.8 Å². The summed E-state index contributed by atoms with van der Waals surface area (Å²) in [4.78, 5) is 36.2. The number of halogens is 1. The summed E-state index contributed by atoms with van der Waals surface area (Å²) in [7, 11) is 1.21. The van der Waals surface area contributed by atoms with E-state index in [0.717, 1.165) is 11.3 Å². The fourth-order valence-electron chi connectivity index (χ4n) is 2.18. The van der Waals surface area contributed by atoms with Gasteiger partial charge >= 0.3 is 5.97 Å². The second-order valence-electron chi connectivity index (χ2n) is 5.32. The molecular weight excluding hydrogens is 368 g/mol. The molecule has 0 bridgehead atoms. The number of methoxy groups -OCH3 is 1. The summed E-state index contributed by atoms with van der Waals surface area (Å²) in [5.74, 6) is -1.78. The molecule has 134 valence electrons. The minimum absolute atomic E-state index is 0.108. The molecule has 0 spiro atoms. The van der Waals surface area contributed by atoms with E-state index in [1.165, 1.54) is 18.0 Å². The number of thiophene rings is 1. The van der Waals surface area contributed by atoms with Gasteiger partial charge in [-0.25, -0.2) is 4.79 Å². The molecule has 2 amide bonds. The molecule has 0 aromatic carbocycles. The van der Waals surface area contributed by atoms with Crippen LogP contribution >= 0.6 is 22.9 Å². The molecule has 0 saturated carbocycles. The predicted molar refractivity (Wildman–Crippen MR) is 94.2 cm³/mol. The topological polar surface area (TPSA) is 116 Å². The van der Waals surface area contributed by atoms with Gasteiger partial charge in [0.15, 0.2) is 0 Å². The average molecular weight is 385 g/mol. The van der Waals surface area contributed by atoms with Gasteiger partial charge in [-0.3, -0.25) is 14.3 Å². The number of nitrogens with one attached hydrogen (secondary N) is 1. The van der Waals surface area contributed by atoms with Crippen molar-refractivity contribution in [1.82, 2.24) is 9.78 Å². The van der Waals surface area contributed by atoms with E-state index in [1.54, 1.807) is 20.8 Å². The van der Waals surface area contributed by atoms with Crippen LogP contribution in [0.3, 0.4) is 0 Å². The number of rotatable bonds is 5. The zero-order chi connectivity index (χ0) is 18.9. The van der Waals surface area contributed by atoms with Gasteiger partial charge in [-0.15, -0.1) is 11.3 Å². The lowest BCUT2D eigenvalue weighted by Gasteiger charge is -2.12. The molecule has 10 heteroatoms. The van der Waals surface area contributed by atoms with E-state index in [9.17, 15) is 14.4 Å². The minimum atomic E-state index is -0.685. The minimum Gasteiger partial charge on any atom is -0.465 e. The molecule has 2 aromatic heterocycles. The van der Waals surface area contributed by atoms with Crippen LogP contribution in [0.4, 0.5) is 5.00 Å². The molecule has 3 N–H and O–H groups in total. The molecule has 2 aromatic rings. The van der Waals surface area contributed by atoms with Crippen LogP contribution in [0.15, 0.2) is 6.20 Å². The van der Waals surface area contributed by atoms with E-state index >= 15 is 0 Å². The lowest BCUT2D eigenvalue weighted by atomic mass is 10.1. The molecule has 0 saturated heterocycles. The summed E-state index contributed by atoms with van der Waals surface area (Å²) in [6.07, 6.45) is 1.54. The van der Waals surface area contributed by atoms with Crippen LogP contribution in [0.2, 0.25) is 5.02 Å². The fraction of sp³-hybridized carbons (Fsp3) is 0.333. The molecular formula is C15H17ClN4O4S. The number of primary amides is 1. The Hall–Kier alpha value is -2.39. The van der Waals surface area contributed by atoms with Gasteiger partial charge < -0.3 is 15.8 Å². The van der Waals surface area contributed by atoms with Crippen LogP contribution in [-0.2, 0) is 9.53 Å². The largest absolute Gasteiger partial charge is 0.465 e. The number of hydrogen-bond acceptors (Lipinski definition) is 6. The van der Waals surface area contributed by atoms with E-state index in [0.29, 0.717) is 16.3 Å². The molecule has 8 nitrogen and oxygen atoms in total.